The zero-order valence-corrected chi connectivity index (χ0v) is 17.1. The Balaban J connectivity index is 1.36. The van der Waals surface area contributed by atoms with Crippen molar-refractivity contribution in [3.05, 3.63) is 88.8 Å². The molecule has 4 aromatic rings. The van der Waals surface area contributed by atoms with Gasteiger partial charge in [-0.15, -0.1) is 0 Å². The van der Waals surface area contributed by atoms with Crippen LogP contribution in [0.5, 0.6) is 0 Å². The highest BCUT2D eigenvalue weighted by Gasteiger charge is 2.12. The minimum atomic E-state index is -0.156. The van der Waals surface area contributed by atoms with Crippen molar-refractivity contribution >= 4 is 22.5 Å². The van der Waals surface area contributed by atoms with Crippen LogP contribution in [-0.2, 0) is 17.9 Å². The molecule has 4 rings (SSSR count). The second-order valence-electron chi connectivity index (χ2n) is 7.57. The number of hydrogen-bond donors (Lipinski definition) is 1. The third-order valence-electron chi connectivity index (χ3n) is 5.28. The van der Waals surface area contributed by atoms with Gasteiger partial charge in [0.25, 0.3) is 5.56 Å². The quantitative estimate of drug-likeness (QED) is 0.461. The zero-order chi connectivity index (χ0) is 20.9. The molecular weight excluding hydrogens is 376 g/mol. The molecule has 0 radical (unpaired) electrons. The molecule has 0 unspecified atom stereocenters. The van der Waals surface area contributed by atoms with Gasteiger partial charge in [-0.25, -0.2) is 0 Å². The maximum atomic E-state index is 12.9. The van der Waals surface area contributed by atoms with Gasteiger partial charge in [0.1, 0.15) is 12.1 Å². The predicted molar refractivity (Wildman–Crippen MR) is 120 cm³/mol. The van der Waals surface area contributed by atoms with Gasteiger partial charge in [0, 0.05) is 19.3 Å². The lowest BCUT2D eigenvalue weighted by Gasteiger charge is -2.17. The molecule has 0 spiro atoms. The Morgan fingerprint density at radius 3 is 2.43 bits per heavy atom. The zero-order valence-electron chi connectivity index (χ0n) is 17.1. The summed E-state index contributed by atoms with van der Waals surface area (Å²) in [6, 6.07) is 21.6. The second kappa shape index (κ2) is 8.97. The molecule has 154 valence electrons. The minimum absolute atomic E-state index is 0.0148. The molecule has 2 aromatic carbocycles. The van der Waals surface area contributed by atoms with E-state index in [2.05, 4.69) is 29.4 Å². The summed E-state index contributed by atoms with van der Waals surface area (Å²) in [6.07, 6.45) is 2.72. The van der Waals surface area contributed by atoms with E-state index in [1.807, 2.05) is 59.1 Å². The summed E-state index contributed by atoms with van der Waals surface area (Å²) in [5.74, 6) is -0.149. The highest BCUT2D eigenvalue weighted by atomic mass is 16.2. The van der Waals surface area contributed by atoms with Gasteiger partial charge in [-0.1, -0.05) is 42.5 Å². The summed E-state index contributed by atoms with van der Waals surface area (Å²) >= 11 is 0. The first kappa shape index (κ1) is 19.9. The maximum absolute atomic E-state index is 12.9. The molecule has 6 heteroatoms. The standard InChI is InChI=1S/C24H26N4O2/c1-26(17-19-9-3-2-4-10-19)15-8-14-25-23(29)18-28-21-12-6-5-11-20(21)27-16-7-13-22(27)24(28)30/h2-7,9-13,16H,8,14-15,17-18H2,1H3,(H,25,29). The molecule has 6 nitrogen and oxygen atoms in total. The average Bonchev–Trinajstić information content (AvgIpc) is 3.25. The first-order valence-electron chi connectivity index (χ1n) is 10.2. The van der Waals surface area contributed by atoms with Gasteiger partial charge in [0.15, 0.2) is 0 Å². The van der Waals surface area contributed by atoms with Crippen molar-refractivity contribution < 1.29 is 4.79 Å². The molecule has 0 aliphatic heterocycles. The first-order valence-corrected chi connectivity index (χ1v) is 10.2. The minimum Gasteiger partial charge on any atom is -0.355 e. The molecular formula is C24H26N4O2. The number of aromatic nitrogens is 2. The first-order chi connectivity index (χ1) is 14.6. The highest BCUT2D eigenvalue weighted by Crippen LogP contribution is 2.14. The molecule has 1 N–H and O–H groups in total. The van der Waals surface area contributed by atoms with Gasteiger partial charge in [-0.05, 0) is 49.8 Å². The van der Waals surface area contributed by atoms with Crippen molar-refractivity contribution in [3.63, 3.8) is 0 Å². The fourth-order valence-electron chi connectivity index (χ4n) is 3.82. The fraction of sp³-hybridized carbons (Fsp3) is 0.250. The van der Waals surface area contributed by atoms with Gasteiger partial charge in [0.05, 0.1) is 11.0 Å². The summed E-state index contributed by atoms with van der Waals surface area (Å²) < 4.78 is 3.43. The Bertz CT molecular complexity index is 1210. The van der Waals surface area contributed by atoms with Crippen molar-refractivity contribution in [2.45, 2.75) is 19.5 Å². The summed E-state index contributed by atoms with van der Waals surface area (Å²) in [4.78, 5) is 27.7. The molecule has 0 bridgehead atoms. The van der Waals surface area contributed by atoms with E-state index in [1.165, 1.54) is 5.56 Å². The number of rotatable bonds is 8. The fourth-order valence-corrected chi connectivity index (χ4v) is 3.82. The topological polar surface area (TPSA) is 58.8 Å². The van der Waals surface area contributed by atoms with Crippen LogP contribution in [0, 0.1) is 0 Å². The highest BCUT2D eigenvalue weighted by molar-refractivity contribution is 5.82. The van der Waals surface area contributed by atoms with Crippen molar-refractivity contribution in [3.8, 4) is 0 Å². The molecule has 0 saturated carbocycles. The molecule has 0 aliphatic carbocycles. The van der Waals surface area contributed by atoms with Crippen molar-refractivity contribution in [2.75, 3.05) is 20.1 Å². The van der Waals surface area contributed by atoms with Crippen LogP contribution in [0.3, 0.4) is 0 Å². The lowest BCUT2D eigenvalue weighted by atomic mass is 10.2. The van der Waals surface area contributed by atoms with E-state index in [0.29, 0.717) is 12.1 Å². The lowest BCUT2D eigenvalue weighted by molar-refractivity contribution is -0.121. The Morgan fingerprint density at radius 1 is 0.933 bits per heavy atom. The molecule has 0 aliphatic rings. The van der Waals surface area contributed by atoms with E-state index in [0.717, 1.165) is 30.5 Å². The van der Waals surface area contributed by atoms with Gasteiger partial charge in [-0.3, -0.25) is 14.2 Å². The van der Waals surface area contributed by atoms with Crippen molar-refractivity contribution in [1.82, 2.24) is 19.2 Å². The van der Waals surface area contributed by atoms with Crippen molar-refractivity contribution in [1.29, 1.82) is 0 Å². The predicted octanol–water partition coefficient (Wildman–Crippen LogP) is 2.89. The smallest absolute Gasteiger partial charge is 0.275 e. The molecule has 0 fully saturated rings. The van der Waals surface area contributed by atoms with Crippen LogP contribution in [0.15, 0.2) is 77.7 Å². The number of amides is 1. The van der Waals surface area contributed by atoms with Crippen LogP contribution < -0.4 is 10.9 Å². The molecule has 1 amide bonds. The van der Waals surface area contributed by atoms with Crippen LogP contribution in [0.2, 0.25) is 0 Å². The molecule has 0 saturated heterocycles. The van der Waals surface area contributed by atoms with Crippen molar-refractivity contribution in [2.24, 2.45) is 0 Å². The lowest BCUT2D eigenvalue weighted by Crippen LogP contribution is -2.34. The number of fused-ring (bicyclic) bond motifs is 3. The maximum Gasteiger partial charge on any atom is 0.275 e. The Kier molecular flexibility index (Phi) is 5.95. The summed E-state index contributed by atoms with van der Waals surface area (Å²) in [6.45, 7) is 2.36. The number of carbonyl (C=O) groups excluding carboxylic acids is 1. The van der Waals surface area contributed by atoms with Gasteiger partial charge < -0.3 is 14.6 Å². The molecule has 2 aromatic heterocycles. The van der Waals surface area contributed by atoms with Crippen LogP contribution in [0.4, 0.5) is 0 Å². The third kappa shape index (κ3) is 4.28. The van der Waals surface area contributed by atoms with Crippen LogP contribution in [0.1, 0.15) is 12.0 Å². The molecule has 0 atom stereocenters. The number of nitrogens with zero attached hydrogens (tertiary/aromatic N) is 3. The Morgan fingerprint density at radius 2 is 1.63 bits per heavy atom. The molecule has 2 heterocycles. The average molecular weight is 402 g/mol. The summed E-state index contributed by atoms with van der Waals surface area (Å²) in [5.41, 5.74) is 3.35. The Hall–Kier alpha value is -3.38. The number of benzene rings is 2. The van der Waals surface area contributed by atoms with E-state index in [9.17, 15) is 9.59 Å². The van der Waals surface area contributed by atoms with Gasteiger partial charge >= 0.3 is 0 Å². The van der Waals surface area contributed by atoms with E-state index in [4.69, 9.17) is 0 Å². The van der Waals surface area contributed by atoms with E-state index in [-0.39, 0.29) is 18.0 Å². The van der Waals surface area contributed by atoms with Gasteiger partial charge in [-0.2, -0.15) is 0 Å². The van der Waals surface area contributed by atoms with E-state index < -0.39 is 0 Å². The number of carbonyl (C=O) groups is 1. The Labute approximate surface area is 175 Å². The number of para-hydroxylation sites is 2. The number of nitrogens with one attached hydrogen (secondary N) is 1. The number of hydrogen-bond acceptors (Lipinski definition) is 3. The largest absolute Gasteiger partial charge is 0.355 e. The van der Waals surface area contributed by atoms with Crippen LogP contribution >= 0.6 is 0 Å². The van der Waals surface area contributed by atoms with E-state index in [1.54, 1.807) is 10.6 Å². The second-order valence-corrected chi connectivity index (χ2v) is 7.57. The normalized spacial score (nSPS) is 11.4. The monoisotopic (exact) mass is 402 g/mol. The van der Waals surface area contributed by atoms with Crippen LogP contribution in [-0.4, -0.2) is 39.9 Å². The summed E-state index contributed by atoms with van der Waals surface area (Å²) in [7, 11) is 2.08. The summed E-state index contributed by atoms with van der Waals surface area (Å²) in [5, 5.41) is 2.95. The van der Waals surface area contributed by atoms with Gasteiger partial charge in [0.2, 0.25) is 5.91 Å². The third-order valence-corrected chi connectivity index (χ3v) is 5.28. The SMILES string of the molecule is CN(CCCNC(=O)Cn1c(=O)c2cccn2c2ccccc21)Cc1ccccc1. The molecule has 30 heavy (non-hydrogen) atoms. The van der Waals surface area contributed by atoms with E-state index >= 15 is 0 Å². The van der Waals surface area contributed by atoms with Crippen LogP contribution in [0.25, 0.3) is 16.6 Å².